The van der Waals surface area contributed by atoms with Gasteiger partial charge in [-0.05, 0) is 14.0 Å². The Hall–Kier alpha value is 0.270. The lowest BCUT2D eigenvalue weighted by Gasteiger charge is -2.35. The molecule has 1 N–H and O–H groups in total. The van der Waals surface area contributed by atoms with E-state index in [-0.39, 0.29) is 0 Å². The van der Waals surface area contributed by atoms with Crippen LogP contribution < -0.4 is 5.32 Å². The minimum Gasteiger partial charge on any atom is -0.316 e. The van der Waals surface area contributed by atoms with Gasteiger partial charge in [0.05, 0.1) is 0 Å². The molecule has 2 nitrogen and oxygen atoms in total. The second-order valence-corrected chi connectivity index (χ2v) is 6.05. The highest BCUT2D eigenvalue weighted by molar-refractivity contribution is 8.00. The maximum atomic E-state index is 3.29. The Labute approximate surface area is 86.5 Å². The molecule has 1 aliphatic rings. The van der Waals surface area contributed by atoms with Crippen LogP contribution in [-0.4, -0.2) is 48.1 Å². The maximum absolute atomic E-state index is 3.29. The number of nitrogens with zero attached hydrogens (tertiary/aromatic N) is 1. The van der Waals surface area contributed by atoms with Gasteiger partial charge in [-0.25, -0.2) is 0 Å². The van der Waals surface area contributed by atoms with Crippen molar-refractivity contribution >= 4 is 11.8 Å². The normalized spacial score (nSPS) is 33.2. The summed E-state index contributed by atoms with van der Waals surface area (Å²) in [4.78, 5) is 2.58. The molecule has 3 atom stereocenters. The Morgan fingerprint density at radius 3 is 2.38 bits per heavy atom. The maximum Gasteiger partial charge on any atom is 0.0163 e. The van der Waals surface area contributed by atoms with Crippen LogP contribution in [0.15, 0.2) is 0 Å². The molecule has 1 fully saturated rings. The Bertz CT molecular complexity index is 142. The van der Waals surface area contributed by atoms with E-state index < -0.39 is 0 Å². The molecule has 0 aromatic rings. The first-order chi connectivity index (χ1) is 6.11. The summed E-state index contributed by atoms with van der Waals surface area (Å²) in [6.45, 7) is 10.6. The van der Waals surface area contributed by atoms with Gasteiger partial charge in [0.25, 0.3) is 0 Å². The van der Waals surface area contributed by atoms with Crippen molar-refractivity contribution in [1.29, 1.82) is 0 Å². The molecule has 0 spiro atoms. The van der Waals surface area contributed by atoms with Gasteiger partial charge in [-0.1, -0.05) is 13.8 Å². The average molecular weight is 202 g/mol. The lowest BCUT2D eigenvalue weighted by Crippen LogP contribution is -2.46. The quantitative estimate of drug-likeness (QED) is 0.745. The first kappa shape index (κ1) is 11.3. The fourth-order valence-corrected chi connectivity index (χ4v) is 3.30. The van der Waals surface area contributed by atoms with Crippen LogP contribution in [0.4, 0.5) is 0 Å². The zero-order valence-corrected chi connectivity index (χ0v) is 10.0. The Kier molecular flexibility index (Phi) is 4.56. The van der Waals surface area contributed by atoms with Crippen LogP contribution in [0.5, 0.6) is 0 Å². The largest absolute Gasteiger partial charge is 0.316 e. The van der Waals surface area contributed by atoms with E-state index in [1.165, 1.54) is 19.6 Å². The fourth-order valence-electron chi connectivity index (χ4n) is 1.91. The van der Waals surface area contributed by atoms with Gasteiger partial charge in [-0.3, -0.25) is 4.90 Å². The highest BCUT2D eigenvalue weighted by Crippen LogP contribution is 2.24. The van der Waals surface area contributed by atoms with Crippen molar-refractivity contribution in [2.75, 3.05) is 26.7 Å². The summed E-state index contributed by atoms with van der Waals surface area (Å²) in [7, 11) is 2.04. The molecule has 3 heteroatoms. The van der Waals surface area contributed by atoms with Crippen molar-refractivity contribution in [2.24, 2.45) is 0 Å². The van der Waals surface area contributed by atoms with E-state index in [4.69, 9.17) is 0 Å². The van der Waals surface area contributed by atoms with Crippen molar-refractivity contribution in [1.82, 2.24) is 10.2 Å². The smallest absolute Gasteiger partial charge is 0.0163 e. The molecular formula is C10H22N2S. The fraction of sp³-hybridized carbons (Fsp3) is 1.00. The van der Waals surface area contributed by atoms with Crippen LogP contribution in [0.2, 0.25) is 0 Å². The van der Waals surface area contributed by atoms with E-state index in [1.807, 2.05) is 7.05 Å². The van der Waals surface area contributed by atoms with Crippen LogP contribution in [0.1, 0.15) is 20.8 Å². The zero-order chi connectivity index (χ0) is 9.84. The van der Waals surface area contributed by atoms with E-state index >= 15 is 0 Å². The molecule has 0 radical (unpaired) electrons. The second kappa shape index (κ2) is 5.23. The topological polar surface area (TPSA) is 15.3 Å². The third kappa shape index (κ3) is 3.88. The van der Waals surface area contributed by atoms with Crippen LogP contribution in [0.25, 0.3) is 0 Å². The van der Waals surface area contributed by atoms with Gasteiger partial charge in [-0.2, -0.15) is 11.8 Å². The van der Waals surface area contributed by atoms with Gasteiger partial charge in [0.15, 0.2) is 0 Å². The second-order valence-electron chi connectivity index (χ2n) is 4.17. The number of nitrogens with one attached hydrogen (secondary N) is 1. The Morgan fingerprint density at radius 1 is 1.38 bits per heavy atom. The monoisotopic (exact) mass is 202 g/mol. The molecular weight excluding hydrogens is 180 g/mol. The third-order valence-electron chi connectivity index (χ3n) is 2.52. The number of likely N-dealkylation sites (N-methyl/N-ethyl adjacent to an activating group) is 1. The molecule has 78 valence electrons. The molecule has 1 rings (SSSR count). The van der Waals surface area contributed by atoms with Gasteiger partial charge < -0.3 is 5.32 Å². The van der Waals surface area contributed by atoms with E-state index in [9.17, 15) is 0 Å². The summed E-state index contributed by atoms with van der Waals surface area (Å²) >= 11 is 2.12. The zero-order valence-electron chi connectivity index (χ0n) is 9.21. The SMILES string of the molecule is CNC(C)CN1CC(C)SC(C)C1. The lowest BCUT2D eigenvalue weighted by molar-refractivity contribution is 0.249. The van der Waals surface area contributed by atoms with Gasteiger partial charge in [0.1, 0.15) is 0 Å². The van der Waals surface area contributed by atoms with Crippen molar-refractivity contribution in [3.05, 3.63) is 0 Å². The van der Waals surface area contributed by atoms with E-state index in [0.717, 1.165) is 10.5 Å². The first-order valence-electron chi connectivity index (χ1n) is 5.17. The summed E-state index contributed by atoms with van der Waals surface area (Å²) in [5.41, 5.74) is 0. The van der Waals surface area contributed by atoms with E-state index in [2.05, 4.69) is 42.7 Å². The van der Waals surface area contributed by atoms with Crippen molar-refractivity contribution in [2.45, 2.75) is 37.3 Å². The molecule has 0 aromatic carbocycles. The molecule has 1 heterocycles. The molecule has 0 aromatic heterocycles. The van der Waals surface area contributed by atoms with Gasteiger partial charge >= 0.3 is 0 Å². The molecule has 1 aliphatic heterocycles. The summed E-state index contributed by atoms with van der Waals surface area (Å²) < 4.78 is 0. The van der Waals surface area contributed by atoms with Gasteiger partial charge in [0.2, 0.25) is 0 Å². The molecule has 1 saturated heterocycles. The summed E-state index contributed by atoms with van der Waals surface area (Å²) in [5.74, 6) is 0. The number of rotatable bonds is 3. The van der Waals surface area contributed by atoms with E-state index in [1.54, 1.807) is 0 Å². The molecule has 3 unspecified atom stereocenters. The van der Waals surface area contributed by atoms with Crippen LogP contribution in [0.3, 0.4) is 0 Å². The summed E-state index contributed by atoms with van der Waals surface area (Å²) in [5, 5.41) is 4.89. The third-order valence-corrected chi connectivity index (χ3v) is 3.75. The molecule has 0 saturated carbocycles. The minimum absolute atomic E-state index is 0.613. The van der Waals surface area contributed by atoms with Crippen molar-refractivity contribution in [3.63, 3.8) is 0 Å². The van der Waals surface area contributed by atoms with E-state index in [0.29, 0.717) is 6.04 Å². The van der Waals surface area contributed by atoms with Gasteiger partial charge in [0, 0.05) is 36.2 Å². The predicted octanol–water partition coefficient (Wildman–Crippen LogP) is 1.42. The van der Waals surface area contributed by atoms with Crippen LogP contribution in [0, 0.1) is 0 Å². The predicted molar refractivity (Wildman–Crippen MR) is 61.5 cm³/mol. The van der Waals surface area contributed by atoms with Gasteiger partial charge in [-0.15, -0.1) is 0 Å². The standard InChI is InChI=1S/C10H22N2S/c1-8(11-4)5-12-6-9(2)13-10(3)7-12/h8-11H,5-7H2,1-4H3. The molecule has 0 aliphatic carbocycles. The first-order valence-corrected chi connectivity index (χ1v) is 6.11. The lowest BCUT2D eigenvalue weighted by atomic mass is 10.2. The molecule has 0 amide bonds. The highest BCUT2D eigenvalue weighted by atomic mass is 32.2. The Morgan fingerprint density at radius 2 is 1.92 bits per heavy atom. The van der Waals surface area contributed by atoms with Crippen LogP contribution >= 0.6 is 11.8 Å². The average Bonchev–Trinajstić information content (AvgIpc) is 2.02. The minimum atomic E-state index is 0.613. The number of hydrogen-bond donors (Lipinski definition) is 1. The molecule has 0 bridgehead atoms. The van der Waals surface area contributed by atoms with Crippen LogP contribution in [-0.2, 0) is 0 Å². The highest BCUT2D eigenvalue weighted by Gasteiger charge is 2.22. The summed E-state index contributed by atoms with van der Waals surface area (Å²) in [6, 6.07) is 0.613. The van der Waals surface area contributed by atoms with Crippen molar-refractivity contribution < 1.29 is 0 Å². The van der Waals surface area contributed by atoms with Crippen molar-refractivity contribution in [3.8, 4) is 0 Å². The number of thioether (sulfide) groups is 1. The number of hydrogen-bond acceptors (Lipinski definition) is 3. The summed E-state index contributed by atoms with van der Waals surface area (Å²) in [6.07, 6.45) is 0. The Balaban J connectivity index is 2.32. The molecule has 13 heavy (non-hydrogen) atoms.